The molecule has 1 heterocycles. The fourth-order valence-corrected chi connectivity index (χ4v) is 2.29. The van der Waals surface area contributed by atoms with E-state index >= 15 is 0 Å². The number of nitrogens with one attached hydrogen (secondary N) is 1. The summed E-state index contributed by atoms with van der Waals surface area (Å²) < 4.78 is 5.38. The predicted molar refractivity (Wildman–Crippen MR) is 81.5 cm³/mol. The van der Waals surface area contributed by atoms with Gasteiger partial charge in [0.05, 0.1) is 6.10 Å². The van der Waals surface area contributed by atoms with Gasteiger partial charge in [-0.15, -0.1) is 0 Å². The van der Waals surface area contributed by atoms with Crippen LogP contribution in [0.2, 0.25) is 5.02 Å². The van der Waals surface area contributed by atoms with Gasteiger partial charge in [0.15, 0.2) is 0 Å². The largest absolute Gasteiger partial charge is 0.466 e. The normalized spacial score (nSPS) is 12.2. The Balaban J connectivity index is 1.85. The van der Waals surface area contributed by atoms with Crippen molar-refractivity contribution in [2.75, 3.05) is 6.54 Å². The molecular weight excluding hydrogens is 290 g/mol. The average Bonchev–Trinajstić information content (AvgIpc) is 2.78. The quantitative estimate of drug-likeness (QED) is 0.890. The fraction of sp³-hybridized carbons (Fsp3) is 0.312. The number of aryl methyl sites for hydroxylation is 2. The third kappa shape index (κ3) is 4.09. The van der Waals surface area contributed by atoms with Crippen molar-refractivity contribution < 1.29 is 14.3 Å². The van der Waals surface area contributed by atoms with Crippen molar-refractivity contribution in [1.29, 1.82) is 0 Å². The lowest BCUT2D eigenvalue weighted by Crippen LogP contribution is -2.25. The second kappa shape index (κ2) is 6.78. The molecule has 0 aliphatic heterocycles. The van der Waals surface area contributed by atoms with Crippen LogP contribution < -0.4 is 5.32 Å². The lowest BCUT2D eigenvalue weighted by molar-refractivity contribution is 0.0942. The van der Waals surface area contributed by atoms with Crippen molar-refractivity contribution in [3.63, 3.8) is 0 Å². The molecule has 1 atom stereocenters. The number of benzene rings is 1. The van der Waals surface area contributed by atoms with E-state index in [-0.39, 0.29) is 5.91 Å². The van der Waals surface area contributed by atoms with Gasteiger partial charge in [-0.05, 0) is 50.6 Å². The van der Waals surface area contributed by atoms with Gasteiger partial charge in [-0.1, -0.05) is 11.6 Å². The Hall–Kier alpha value is -1.78. The third-order valence-corrected chi connectivity index (χ3v) is 3.50. The second-order valence-corrected chi connectivity index (χ2v) is 5.37. The number of aliphatic hydroxyl groups excluding tert-OH is 1. The summed E-state index contributed by atoms with van der Waals surface area (Å²) in [7, 11) is 0. The van der Waals surface area contributed by atoms with Gasteiger partial charge in [0.25, 0.3) is 5.91 Å². The number of amides is 1. The van der Waals surface area contributed by atoms with E-state index in [2.05, 4.69) is 5.32 Å². The van der Waals surface area contributed by atoms with Crippen LogP contribution in [0.3, 0.4) is 0 Å². The summed E-state index contributed by atoms with van der Waals surface area (Å²) >= 11 is 5.77. The SMILES string of the molecule is Cc1cc([C@@H](O)CCNC(=O)c2ccc(Cl)cc2)c(C)o1. The van der Waals surface area contributed by atoms with Crippen molar-refractivity contribution in [2.24, 2.45) is 0 Å². The topological polar surface area (TPSA) is 62.5 Å². The van der Waals surface area contributed by atoms with Crippen LogP contribution in [0.25, 0.3) is 0 Å². The van der Waals surface area contributed by atoms with Crippen molar-refractivity contribution in [2.45, 2.75) is 26.4 Å². The first-order valence-electron chi connectivity index (χ1n) is 6.76. The molecule has 0 bridgehead atoms. The van der Waals surface area contributed by atoms with Gasteiger partial charge < -0.3 is 14.8 Å². The highest BCUT2D eigenvalue weighted by Gasteiger charge is 2.14. The van der Waals surface area contributed by atoms with E-state index in [1.165, 1.54) is 0 Å². The Morgan fingerprint density at radius 1 is 1.33 bits per heavy atom. The summed E-state index contributed by atoms with van der Waals surface area (Å²) in [6.45, 7) is 4.04. The minimum Gasteiger partial charge on any atom is -0.466 e. The van der Waals surface area contributed by atoms with Crippen LogP contribution in [0, 0.1) is 13.8 Å². The average molecular weight is 308 g/mol. The maximum atomic E-state index is 11.9. The summed E-state index contributed by atoms with van der Waals surface area (Å²) in [5.41, 5.74) is 1.32. The molecule has 21 heavy (non-hydrogen) atoms. The van der Waals surface area contributed by atoms with Gasteiger partial charge in [-0.3, -0.25) is 4.79 Å². The van der Waals surface area contributed by atoms with Crippen molar-refractivity contribution in [1.82, 2.24) is 5.32 Å². The van der Waals surface area contributed by atoms with Gasteiger partial charge in [0.2, 0.25) is 0 Å². The Morgan fingerprint density at radius 2 is 2.00 bits per heavy atom. The zero-order chi connectivity index (χ0) is 15.4. The molecule has 0 spiro atoms. The number of carbonyl (C=O) groups excluding carboxylic acids is 1. The van der Waals surface area contributed by atoms with Gasteiger partial charge >= 0.3 is 0 Å². The van der Waals surface area contributed by atoms with E-state index in [4.69, 9.17) is 16.0 Å². The molecule has 0 saturated heterocycles. The maximum absolute atomic E-state index is 11.9. The monoisotopic (exact) mass is 307 g/mol. The number of hydrogen-bond donors (Lipinski definition) is 2. The molecule has 0 aliphatic rings. The summed E-state index contributed by atoms with van der Waals surface area (Å²) in [5.74, 6) is 1.30. The molecule has 1 aromatic heterocycles. The number of halogens is 1. The van der Waals surface area contributed by atoms with Gasteiger partial charge in [0.1, 0.15) is 11.5 Å². The molecule has 0 saturated carbocycles. The fourth-order valence-electron chi connectivity index (χ4n) is 2.16. The minimum atomic E-state index is -0.645. The molecule has 1 aromatic carbocycles. The number of aliphatic hydroxyl groups is 1. The summed E-state index contributed by atoms with van der Waals surface area (Å²) in [5, 5.41) is 13.5. The molecule has 0 radical (unpaired) electrons. The summed E-state index contributed by atoms with van der Waals surface area (Å²) in [4.78, 5) is 11.9. The molecule has 0 aliphatic carbocycles. The molecule has 1 amide bonds. The molecule has 2 N–H and O–H groups in total. The lowest BCUT2D eigenvalue weighted by Gasteiger charge is -2.10. The third-order valence-electron chi connectivity index (χ3n) is 3.25. The van der Waals surface area contributed by atoms with Gasteiger partial charge in [0, 0.05) is 22.7 Å². The Bertz CT molecular complexity index is 619. The molecule has 0 fully saturated rings. The molecule has 5 heteroatoms. The van der Waals surface area contributed by atoms with Crippen LogP contribution in [-0.4, -0.2) is 17.6 Å². The van der Waals surface area contributed by atoms with Gasteiger partial charge in [-0.2, -0.15) is 0 Å². The first-order valence-corrected chi connectivity index (χ1v) is 7.14. The van der Waals surface area contributed by atoms with Crippen LogP contribution in [0.4, 0.5) is 0 Å². The van der Waals surface area contributed by atoms with Crippen LogP contribution in [-0.2, 0) is 0 Å². The Kier molecular flexibility index (Phi) is 5.04. The highest BCUT2D eigenvalue weighted by molar-refractivity contribution is 6.30. The standard InChI is InChI=1S/C16H18ClNO3/c1-10-9-14(11(2)21-10)15(19)7-8-18-16(20)12-3-5-13(17)6-4-12/h3-6,9,15,19H,7-8H2,1-2H3,(H,18,20)/t15-/m0/s1. The number of hydrogen-bond acceptors (Lipinski definition) is 3. The van der Waals surface area contributed by atoms with Crippen LogP contribution in [0.15, 0.2) is 34.7 Å². The number of carbonyl (C=O) groups is 1. The first-order chi connectivity index (χ1) is 9.97. The molecule has 0 unspecified atom stereocenters. The zero-order valence-corrected chi connectivity index (χ0v) is 12.8. The maximum Gasteiger partial charge on any atom is 0.251 e. The molecule has 2 rings (SSSR count). The van der Waals surface area contributed by atoms with Crippen molar-refractivity contribution in [3.05, 3.63) is 58.0 Å². The highest BCUT2D eigenvalue weighted by atomic mass is 35.5. The zero-order valence-electron chi connectivity index (χ0n) is 12.0. The van der Waals surface area contributed by atoms with Crippen molar-refractivity contribution >= 4 is 17.5 Å². The van der Waals surface area contributed by atoms with E-state index in [0.29, 0.717) is 29.3 Å². The van der Waals surface area contributed by atoms with Crippen LogP contribution in [0.5, 0.6) is 0 Å². The molecular formula is C16H18ClNO3. The van der Waals surface area contributed by atoms with Crippen LogP contribution in [0.1, 0.15) is 40.0 Å². The minimum absolute atomic E-state index is 0.182. The van der Waals surface area contributed by atoms with E-state index in [1.807, 2.05) is 19.9 Å². The molecule has 4 nitrogen and oxygen atoms in total. The Morgan fingerprint density at radius 3 is 2.57 bits per heavy atom. The Labute approximate surface area is 128 Å². The van der Waals surface area contributed by atoms with E-state index < -0.39 is 6.10 Å². The smallest absolute Gasteiger partial charge is 0.251 e. The highest BCUT2D eigenvalue weighted by Crippen LogP contribution is 2.23. The van der Waals surface area contributed by atoms with E-state index in [1.54, 1.807) is 24.3 Å². The van der Waals surface area contributed by atoms with Crippen LogP contribution >= 0.6 is 11.6 Å². The van der Waals surface area contributed by atoms with E-state index in [9.17, 15) is 9.90 Å². The second-order valence-electron chi connectivity index (χ2n) is 4.94. The van der Waals surface area contributed by atoms with Gasteiger partial charge in [-0.25, -0.2) is 0 Å². The first kappa shape index (κ1) is 15.6. The van der Waals surface area contributed by atoms with E-state index in [0.717, 1.165) is 11.3 Å². The number of rotatable bonds is 5. The summed E-state index contributed by atoms with van der Waals surface area (Å²) in [6, 6.07) is 8.49. The predicted octanol–water partition coefficient (Wildman–Crippen LogP) is 3.40. The number of furan rings is 1. The molecule has 2 aromatic rings. The summed E-state index contributed by atoms with van der Waals surface area (Å²) in [6.07, 6.45) is -0.216. The lowest BCUT2D eigenvalue weighted by atomic mass is 10.1. The van der Waals surface area contributed by atoms with Crippen molar-refractivity contribution in [3.8, 4) is 0 Å². The molecule has 112 valence electrons.